The van der Waals surface area contributed by atoms with Crippen LogP contribution in [0.2, 0.25) is 0 Å². The van der Waals surface area contributed by atoms with E-state index in [1.165, 1.54) is 19.3 Å². The fourth-order valence-electron chi connectivity index (χ4n) is 1.42. The highest BCUT2D eigenvalue weighted by Crippen LogP contribution is 2.28. The standard InChI is InChI=1S/C7H16N2.H2/c1-9(2)6-7(8)4-3-5-7;/h3-6,8H2,1-2H3;1H. The first kappa shape index (κ1) is 7.03. The summed E-state index contributed by atoms with van der Waals surface area (Å²) >= 11 is 0. The van der Waals surface area contributed by atoms with Gasteiger partial charge < -0.3 is 10.6 Å². The smallest absolute Gasteiger partial charge is 0.0283 e. The SMILES string of the molecule is CN(C)CC1(N)CCC1.[HH]. The van der Waals surface area contributed by atoms with Gasteiger partial charge in [-0.1, -0.05) is 0 Å². The average molecular weight is 130 g/mol. The van der Waals surface area contributed by atoms with Crippen molar-refractivity contribution in [1.82, 2.24) is 4.90 Å². The quantitative estimate of drug-likeness (QED) is 0.595. The van der Waals surface area contributed by atoms with Crippen molar-refractivity contribution in [3.8, 4) is 0 Å². The molecular formula is C7H18N2. The summed E-state index contributed by atoms with van der Waals surface area (Å²) in [7, 11) is 4.15. The number of nitrogens with two attached hydrogens (primary N) is 1. The topological polar surface area (TPSA) is 29.3 Å². The van der Waals surface area contributed by atoms with E-state index in [2.05, 4.69) is 19.0 Å². The predicted octanol–water partition coefficient (Wildman–Crippen LogP) is 0.675. The Balaban J connectivity index is 0.000000810. The summed E-state index contributed by atoms with van der Waals surface area (Å²) in [6, 6.07) is 0. The van der Waals surface area contributed by atoms with Crippen LogP contribution in [0.3, 0.4) is 0 Å². The first-order valence-electron chi connectivity index (χ1n) is 3.56. The molecule has 9 heavy (non-hydrogen) atoms. The molecule has 0 amide bonds. The van der Waals surface area contributed by atoms with Crippen LogP contribution in [-0.4, -0.2) is 31.1 Å². The molecule has 2 heteroatoms. The Labute approximate surface area is 58.5 Å². The van der Waals surface area contributed by atoms with Crippen molar-refractivity contribution < 1.29 is 1.43 Å². The van der Waals surface area contributed by atoms with E-state index in [1.807, 2.05) is 0 Å². The maximum atomic E-state index is 5.96. The van der Waals surface area contributed by atoms with Gasteiger partial charge in [0.15, 0.2) is 0 Å². The van der Waals surface area contributed by atoms with Crippen molar-refractivity contribution in [3.05, 3.63) is 0 Å². The van der Waals surface area contributed by atoms with E-state index in [1.54, 1.807) is 0 Å². The summed E-state index contributed by atoms with van der Waals surface area (Å²) in [6.45, 7) is 1.05. The minimum atomic E-state index is 0. The van der Waals surface area contributed by atoms with Crippen molar-refractivity contribution in [2.45, 2.75) is 24.8 Å². The summed E-state index contributed by atoms with van der Waals surface area (Å²) < 4.78 is 0. The third-order valence-corrected chi connectivity index (χ3v) is 1.98. The van der Waals surface area contributed by atoms with Crippen molar-refractivity contribution in [2.24, 2.45) is 5.73 Å². The lowest BCUT2D eigenvalue weighted by Crippen LogP contribution is -2.53. The van der Waals surface area contributed by atoms with Crippen LogP contribution in [0.1, 0.15) is 20.7 Å². The summed E-state index contributed by atoms with van der Waals surface area (Å²) in [5, 5.41) is 0. The lowest BCUT2D eigenvalue weighted by molar-refractivity contribution is 0.183. The second-order valence-electron chi connectivity index (χ2n) is 3.45. The number of hydrogen-bond donors (Lipinski definition) is 1. The van der Waals surface area contributed by atoms with E-state index in [0.717, 1.165) is 6.54 Å². The molecule has 1 rings (SSSR count). The van der Waals surface area contributed by atoms with Gasteiger partial charge in [0, 0.05) is 13.5 Å². The molecule has 0 aromatic rings. The van der Waals surface area contributed by atoms with Gasteiger partial charge in [0.1, 0.15) is 0 Å². The van der Waals surface area contributed by atoms with Gasteiger partial charge in [0.2, 0.25) is 0 Å². The second kappa shape index (κ2) is 2.27. The Hall–Kier alpha value is -0.0800. The fraction of sp³-hybridized carbons (Fsp3) is 1.00. The Morgan fingerprint density at radius 1 is 1.56 bits per heavy atom. The monoisotopic (exact) mass is 130 g/mol. The summed E-state index contributed by atoms with van der Waals surface area (Å²) in [5.41, 5.74) is 6.13. The minimum Gasteiger partial charge on any atom is -0.324 e. The number of nitrogens with zero attached hydrogens (tertiary/aromatic N) is 1. The number of rotatable bonds is 2. The molecule has 0 aromatic carbocycles. The van der Waals surface area contributed by atoms with Crippen molar-refractivity contribution >= 4 is 0 Å². The van der Waals surface area contributed by atoms with Gasteiger partial charge in [-0.3, -0.25) is 0 Å². The molecule has 0 bridgehead atoms. The van der Waals surface area contributed by atoms with Crippen LogP contribution in [0.15, 0.2) is 0 Å². The molecule has 0 saturated heterocycles. The van der Waals surface area contributed by atoms with Crippen molar-refractivity contribution in [3.63, 3.8) is 0 Å². The molecular weight excluding hydrogens is 112 g/mol. The molecule has 1 aliphatic rings. The largest absolute Gasteiger partial charge is 0.324 e. The van der Waals surface area contributed by atoms with Crippen LogP contribution in [0, 0.1) is 0 Å². The molecule has 2 N–H and O–H groups in total. The van der Waals surface area contributed by atoms with Crippen LogP contribution in [0.25, 0.3) is 0 Å². The van der Waals surface area contributed by atoms with E-state index in [0.29, 0.717) is 0 Å². The minimum absolute atomic E-state index is 0. The van der Waals surface area contributed by atoms with Gasteiger partial charge >= 0.3 is 0 Å². The lowest BCUT2D eigenvalue weighted by atomic mass is 9.77. The fourth-order valence-corrected chi connectivity index (χ4v) is 1.42. The zero-order valence-electron chi connectivity index (χ0n) is 6.35. The maximum absolute atomic E-state index is 5.96. The molecule has 2 nitrogen and oxygen atoms in total. The van der Waals surface area contributed by atoms with Gasteiger partial charge in [-0.25, -0.2) is 0 Å². The normalized spacial score (nSPS) is 24.0. The highest BCUT2D eigenvalue weighted by molar-refractivity contribution is 4.94. The zero-order valence-corrected chi connectivity index (χ0v) is 6.35. The van der Waals surface area contributed by atoms with Gasteiger partial charge in [-0.05, 0) is 33.4 Å². The summed E-state index contributed by atoms with van der Waals surface area (Å²) in [4.78, 5) is 2.17. The third kappa shape index (κ3) is 1.66. The van der Waals surface area contributed by atoms with E-state index >= 15 is 0 Å². The van der Waals surface area contributed by atoms with E-state index in [4.69, 9.17) is 5.73 Å². The molecule has 0 unspecified atom stereocenters. The van der Waals surface area contributed by atoms with Gasteiger partial charge in [-0.2, -0.15) is 0 Å². The molecule has 0 spiro atoms. The molecule has 0 heterocycles. The van der Waals surface area contributed by atoms with E-state index in [-0.39, 0.29) is 6.97 Å². The van der Waals surface area contributed by atoms with Crippen LogP contribution >= 0.6 is 0 Å². The molecule has 1 saturated carbocycles. The highest BCUT2D eigenvalue weighted by Gasteiger charge is 2.32. The van der Waals surface area contributed by atoms with Crippen molar-refractivity contribution in [1.29, 1.82) is 0 Å². The van der Waals surface area contributed by atoms with Crippen LogP contribution in [-0.2, 0) is 0 Å². The Bertz CT molecular complexity index is 99.8. The average Bonchev–Trinajstić information content (AvgIpc) is 1.60. The molecule has 0 aromatic heterocycles. The Morgan fingerprint density at radius 2 is 2.11 bits per heavy atom. The Kier molecular flexibility index (Phi) is 1.78. The van der Waals surface area contributed by atoms with Crippen LogP contribution in [0.5, 0.6) is 0 Å². The molecule has 1 fully saturated rings. The second-order valence-corrected chi connectivity index (χ2v) is 3.45. The third-order valence-electron chi connectivity index (χ3n) is 1.98. The summed E-state index contributed by atoms with van der Waals surface area (Å²) in [6.07, 6.45) is 3.75. The van der Waals surface area contributed by atoms with Gasteiger partial charge in [0.25, 0.3) is 0 Å². The molecule has 0 aliphatic heterocycles. The number of hydrogen-bond acceptors (Lipinski definition) is 2. The lowest BCUT2D eigenvalue weighted by Gasteiger charge is -2.40. The van der Waals surface area contributed by atoms with Crippen molar-refractivity contribution in [2.75, 3.05) is 20.6 Å². The number of likely N-dealkylation sites (N-methyl/N-ethyl adjacent to an activating group) is 1. The highest BCUT2D eigenvalue weighted by atomic mass is 15.1. The van der Waals surface area contributed by atoms with Crippen LogP contribution < -0.4 is 5.73 Å². The molecule has 0 atom stereocenters. The molecule has 0 radical (unpaired) electrons. The van der Waals surface area contributed by atoms with E-state index < -0.39 is 0 Å². The van der Waals surface area contributed by atoms with Gasteiger partial charge in [-0.15, -0.1) is 0 Å². The maximum Gasteiger partial charge on any atom is 0.0283 e. The van der Waals surface area contributed by atoms with Crippen LogP contribution in [0.4, 0.5) is 0 Å². The van der Waals surface area contributed by atoms with E-state index in [9.17, 15) is 0 Å². The first-order chi connectivity index (χ1) is 4.12. The molecule has 56 valence electrons. The summed E-state index contributed by atoms with van der Waals surface area (Å²) in [5.74, 6) is 0. The molecule has 1 aliphatic carbocycles. The first-order valence-corrected chi connectivity index (χ1v) is 3.56. The predicted molar refractivity (Wildman–Crippen MR) is 41.4 cm³/mol. The zero-order chi connectivity index (χ0) is 6.91. The Morgan fingerprint density at radius 3 is 2.22 bits per heavy atom. The van der Waals surface area contributed by atoms with Gasteiger partial charge in [0.05, 0.1) is 0 Å².